The third kappa shape index (κ3) is 3.23. The van der Waals surface area contributed by atoms with Crippen molar-refractivity contribution in [2.75, 3.05) is 13.2 Å². The summed E-state index contributed by atoms with van der Waals surface area (Å²) < 4.78 is 11.4. The Bertz CT molecular complexity index is 154. The average Bonchev–Trinajstić information content (AvgIpc) is 2.20. The standard InChI is InChI=1S/C10H21ClO2Si/c1-3-12-14(11,13-4-2)10-8-6-5-7-9-10/h10H,3-9H2,1-2H3. The maximum atomic E-state index is 6.51. The molecule has 1 aliphatic rings. The fourth-order valence-electron chi connectivity index (χ4n) is 2.12. The van der Waals surface area contributed by atoms with E-state index in [4.69, 9.17) is 19.9 Å². The smallest absolute Gasteiger partial charge is 0.383 e. The van der Waals surface area contributed by atoms with E-state index in [0.717, 1.165) is 0 Å². The van der Waals surface area contributed by atoms with Crippen molar-refractivity contribution in [3.8, 4) is 0 Å². The minimum absolute atomic E-state index is 0.498. The van der Waals surface area contributed by atoms with E-state index < -0.39 is 7.87 Å². The van der Waals surface area contributed by atoms with Crippen LogP contribution in [0.15, 0.2) is 0 Å². The second-order valence-corrected chi connectivity index (χ2v) is 7.92. The highest BCUT2D eigenvalue weighted by Gasteiger charge is 2.44. The zero-order chi connectivity index (χ0) is 10.4. The van der Waals surface area contributed by atoms with E-state index >= 15 is 0 Å². The van der Waals surface area contributed by atoms with Gasteiger partial charge in [-0.3, -0.25) is 0 Å². The number of halogens is 1. The van der Waals surface area contributed by atoms with Crippen LogP contribution in [0.25, 0.3) is 0 Å². The largest absolute Gasteiger partial charge is 0.446 e. The normalized spacial score (nSPS) is 19.9. The van der Waals surface area contributed by atoms with Gasteiger partial charge >= 0.3 is 7.87 Å². The maximum absolute atomic E-state index is 6.51. The van der Waals surface area contributed by atoms with Crippen LogP contribution < -0.4 is 0 Å². The lowest BCUT2D eigenvalue weighted by Crippen LogP contribution is -2.42. The topological polar surface area (TPSA) is 18.5 Å². The van der Waals surface area contributed by atoms with Crippen LogP contribution in [0.5, 0.6) is 0 Å². The third-order valence-corrected chi connectivity index (χ3v) is 7.27. The van der Waals surface area contributed by atoms with Gasteiger partial charge in [0.2, 0.25) is 0 Å². The first-order valence-corrected chi connectivity index (χ1v) is 8.60. The van der Waals surface area contributed by atoms with Crippen molar-refractivity contribution in [2.24, 2.45) is 0 Å². The van der Waals surface area contributed by atoms with E-state index in [9.17, 15) is 0 Å². The Balaban J connectivity index is 2.54. The molecular weight excluding hydrogens is 216 g/mol. The molecule has 1 saturated carbocycles. The summed E-state index contributed by atoms with van der Waals surface area (Å²) in [6, 6.07) is 0. The molecule has 0 spiro atoms. The third-order valence-electron chi connectivity index (χ3n) is 2.78. The molecule has 0 bridgehead atoms. The summed E-state index contributed by atoms with van der Waals surface area (Å²) >= 11 is 6.51. The first-order valence-electron chi connectivity index (χ1n) is 5.69. The van der Waals surface area contributed by atoms with E-state index in [1.807, 2.05) is 13.8 Å². The van der Waals surface area contributed by atoms with E-state index in [-0.39, 0.29) is 0 Å². The monoisotopic (exact) mass is 236 g/mol. The SMILES string of the molecule is CCO[Si](Cl)(OCC)C1CCCCC1. The Labute approximate surface area is 92.9 Å². The average molecular weight is 237 g/mol. The molecule has 1 rings (SSSR count). The Morgan fingerprint density at radius 2 is 1.57 bits per heavy atom. The molecule has 0 saturated heterocycles. The van der Waals surface area contributed by atoms with Crippen LogP contribution in [0, 0.1) is 0 Å². The second-order valence-electron chi connectivity index (χ2n) is 3.78. The first kappa shape index (κ1) is 12.5. The van der Waals surface area contributed by atoms with Crippen LogP contribution in [0.1, 0.15) is 46.0 Å². The van der Waals surface area contributed by atoms with Gasteiger partial charge in [0.1, 0.15) is 0 Å². The maximum Gasteiger partial charge on any atom is 0.446 e. The molecule has 0 amide bonds. The van der Waals surface area contributed by atoms with Gasteiger partial charge in [0.15, 0.2) is 0 Å². The van der Waals surface area contributed by atoms with Crippen molar-refractivity contribution in [2.45, 2.75) is 51.5 Å². The number of rotatable bonds is 5. The summed E-state index contributed by atoms with van der Waals surface area (Å²) in [7, 11) is -2.38. The number of hydrogen-bond donors (Lipinski definition) is 0. The van der Waals surface area contributed by atoms with Crippen LogP contribution in [-0.4, -0.2) is 21.1 Å². The summed E-state index contributed by atoms with van der Waals surface area (Å²) in [5.74, 6) is 0. The van der Waals surface area contributed by atoms with Crippen LogP contribution in [0.3, 0.4) is 0 Å². The summed E-state index contributed by atoms with van der Waals surface area (Å²) in [6.45, 7) is 5.33. The van der Waals surface area contributed by atoms with Crippen molar-refractivity contribution in [3.05, 3.63) is 0 Å². The van der Waals surface area contributed by atoms with Crippen LogP contribution in [0.4, 0.5) is 0 Å². The Morgan fingerprint density at radius 1 is 1.07 bits per heavy atom. The lowest BCUT2D eigenvalue weighted by Gasteiger charge is -2.33. The molecular formula is C10H21ClO2Si. The quantitative estimate of drug-likeness (QED) is 0.537. The first-order chi connectivity index (χ1) is 6.73. The van der Waals surface area contributed by atoms with Crippen molar-refractivity contribution in [3.63, 3.8) is 0 Å². The molecule has 0 aliphatic heterocycles. The second kappa shape index (κ2) is 6.11. The Hall–Kier alpha value is 0.427. The van der Waals surface area contributed by atoms with Gasteiger partial charge in [0.25, 0.3) is 0 Å². The zero-order valence-electron chi connectivity index (χ0n) is 9.22. The van der Waals surface area contributed by atoms with Crippen molar-refractivity contribution >= 4 is 18.9 Å². The summed E-state index contributed by atoms with van der Waals surface area (Å²) in [4.78, 5) is 0. The molecule has 0 N–H and O–H groups in total. The Morgan fingerprint density at radius 3 is 2.00 bits per heavy atom. The minimum atomic E-state index is -2.38. The predicted molar refractivity (Wildman–Crippen MR) is 61.7 cm³/mol. The molecule has 0 aromatic heterocycles. The van der Waals surface area contributed by atoms with Crippen molar-refractivity contribution in [1.82, 2.24) is 0 Å². The van der Waals surface area contributed by atoms with Crippen LogP contribution >= 0.6 is 11.1 Å². The minimum Gasteiger partial charge on any atom is -0.383 e. The predicted octanol–water partition coefficient (Wildman–Crippen LogP) is 3.57. The molecule has 0 heterocycles. The number of hydrogen-bond acceptors (Lipinski definition) is 2. The van der Waals surface area contributed by atoms with E-state index in [1.165, 1.54) is 32.1 Å². The van der Waals surface area contributed by atoms with Gasteiger partial charge in [-0.1, -0.05) is 30.3 Å². The molecule has 84 valence electrons. The molecule has 14 heavy (non-hydrogen) atoms. The van der Waals surface area contributed by atoms with E-state index in [1.54, 1.807) is 0 Å². The summed E-state index contributed by atoms with van der Waals surface area (Å²) in [6.07, 6.45) is 6.29. The van der Waals surface area contributed by atoms with E-state index in [2.05, 4.69) is 0 Å². The fraction of sp³-hybridized carbons (Fsp3) is 1.00. The molecule has 1 aliphatic carbocycles. The fourth-order valence-corrected chi connectivity index (χ4v) is 5.87. The van der Waals surface area contributed by atoms with Gasteiger partial charge in [-0.25, -0.2) is 0 Å². The molecule has 0 radical (unpaired) electrons. The lowest BCUT2D eigenvalue weighted by molar-refractivity contribution is 0.185. The summed E-state index contributed by atoms with van der Waals surface area (Å²) in [5, 5.41) is 0. The highest BCUT2D eigenvalue weighted by Crippen LogP contribution is 2.40. The molecule has 4 heteroatoms. The lowest BCUT2D eigenvalue weighted by atomic mass is 10.0. The Kier molecular flexibility index (Phi) is 5.45. The molecule has 1 fully saturated rings. The highest BCUT2D eigenvalue weighted by atomic mass is 35.6. The molecule has 0 aromatic carbocycles. The van der Waals surface area contributed by atoms with Gasteiger partial charge in [0.05, 0.1) is 0 Å². The summed E-state index contributed by atoms with van der Waals surface area (Å²) in [5.41, 5.74) is 0.498. The van der Waals surface area contributed by atoms with E-state index in [0.29, 0.717) is 18.8 Å². The van der Waals surface area contributed by atoms with Gasteiger partial charge in [-0.2, -0.15) is 0 Å². The highest BCUT2D eigenvalue weighted by molar-refractivity contribution is 7.13. The molecule has 2 nitrogen and oxygen atoms in total. The van der Waals surface area contributed by atoms with Gasteiger partial charge in [-0.05, 0) is 26.7 Å². The van der Waals surface area contributed by atoms with Gasteiger partial charge in [-0.15, -0.1) is 0 Å². The van der Waals surface area contributed by atoms with Crippen molar-refractivity contribution < 1.29 is 8.85 Å². The molecule has 0 aromatic rings. The molecule has 0 unspecified atom stereocenters. The van der Waals surface area contributed by atoms with Crippen molar-refractivity contribution in [1.29, 1.82) is 0 Å². The van der Waals surface area contributed by atoms with Gasteiger partial charge in [0, 0.05) is 18.8 Å². The van der Waals surface area contributed by atoms with Crippen LogP contribution in [-0.2, 0) is 8.85 Å². The van der Waals surface area contributed by atoms with Crippen LogP contribution in [0.2, 0.25) is 5.54 Å². The van der Waals surface area contributed by atoms with Gasteiger partial charge < -0.3 is 8.85 Å². The zero-order valence-corrected chi connectivity index (χ0v) is 11.0. The molecule has 0 atom stereocenters.